The molecule has 2 aromatic rings. The van der Waals surface area contributed by atoms with Crippen molar-refractivity contribution in [3.63, 3.8) is 0 Å². The fourth-order valence-corrected chi connectivity index (χ4v) is 2.49. The van der Waals surface area contributed by atoms with Crippen molar-refractivity contribution < 1.29 is 4.39 Å². The maximum Gasteiger partial charge on any atom is 0.192 e. The highest BCUT2D eigenvalue weighted by atomic mass is 32.2. The Kier molecular flexibility index (Phi) is 4.28. The van der Waals surface area contributed by atoms with Gasteiger partial charge in [0.05, 0.1) is 4.90 Å². The van der Waals surface area contributed by atoms with Crippen LogP contribution >= 0.6 is 11.8 Å². The lowest BCUT2D eigenvalue weighted by Crippen LogP contribution is -2.07. The molecule has 0 atom stereocenters. The minimum Gasteiger partial charge on any atom is -0.316 e. The first-order valence-corrected chi connectivity index (χ1v) is 6.42. The molecule has 5 heteroatoms. The van der Waals surface area contributed by atoms with Crippen LogP contribution in [0.3, 0.4) is 0 Å². The molecule has 1 heterocycles. The molecule has 0 bridgehead atoms. The van der Waals surface area contributed by atoms with Crippen LogP contribution in [0.15, 0.2) is 40.5 Å². The molecule has 0 radical (unpaired) electrons. The molecule has 0 saturated heterocycles. The molecule has 1 aromatic heterocycles. The molecule has 18 heavy (non-hydrogen) atoms. The zero-order chi connectivity index (χ0) is 13.0. The van der Waals surface area contributed by atoms with Crippen LogP contribution in [-0.4, -0.2) is 17.0 Å². The highest BCUT2D eigenvalue weighted by Crippen LogP contribution is 2.30. The van der Waals surface area contributed by atoms with E-state index in [-0.39, 0.29) is 5.82 Å². The first-order chi connectivity index (χ1) is 8.70. The van der Waals surface area contributed by atoms with Crippen LogP contribution in [0, 0.1) is 12.7 Å². The second kappa shape index (κ2) is 5.93. The molecule has 94 valence electrons. The fourth-order valence-electron chi connectivity index (χ4n) is 1.56. The molecule has 0 amide bonds. The molecule has 0 spiro atoms. The van der Waals surface area contributed by atoms with Crippen molar-refractivity contribution >= 4 is 11.8 Å². The monoisotopic (exact) mass is 263 g/mol. The van der Waals surface area contributed by atoms with Crippen molar-refractivity contribution in [2.75, 3.05) is 7.05 Å². The third kappa shape index (κ3) is 3.05. The van der Waals surface area contributed by atoms with Crippen molar-refractivity contribution in [3.05, 3.63) is 47.5 Å². The number of halogens is 1. The number of hydrogen-bond donors (Lipinski definition) is 1. The molecular formula is C13H14FN3S. The fraction of sp³-hybridized carbons (Fsp3) is 0.231. The Labute approximate surface area is 110 Å². The van der Waals surface area contributed by atoms with Crippen LogP contribution in [0.2, 0.25) is 0 Å². The van der Waals surface area contributed by atoms with Crippen LogP contribution in [0.1, 0.15) is 11.3 Å². The second-order valence-corrected chi connectivity index (χ2v) is 4.82. The summed E-state index contributed by atoms with van der Waals surface area (Å²) in [6.07, 6.45) is 1.68. The molecule has 0 unspecified atom stereocenters. The number of nitrogens with zero attached hydrogens (tertiary/aromatic N) is 2. The van der Waals surface area contributed by atoms with E-state index in [9.17, 15) is 4.39 Å². The number of rotatable bonds is 4. The Balaban J connectivity index is 2.33. The minimum absolute atomic E-state index is 0.238. The molecule has 1 aromatic carbocycles. The minimum atomic E-state index is -0.238. The third-order valence-electron chi connectivity index (χ3n) is 2.38. The third-order valence-corrected chi connectivity index (χ3v) is 3.42. The van der Waals surface area contributed by atoms with Gasteiger partial charge in [0.25, 0.3) is 0 Å². The Morgan fingerprint density at radius 1 is 1.33 bits per heavy atom. The smallest absolute Gasteiger partial charge is 0.192 e. The van der Waals surface area contributed by atoms with E-state index < -0.39 is 0 Å². The van der Waals surface area contributed by atoms with Gasteiger partial charge in [0, 0.05) is 18.4 Å². The van der Waals surface area contributed by atoms with Gasteiger partial charge >= 0.3 is 0 Å². The quantitative estimate of drug-likeness (QED) is 0.861. The van der Waals surface area contributed by atoms with Crippen LogP contribution in [0.4, 0.5) is 4.39 Å². The summed E-state index contributed by atoms with van der Waals surface area (Å²) < 4.78 is 13.9. The van der Waals surface area contributed by atoms with Crippen LogP contribution in [0.25, 0.3) is 0 Å². The van der Waals surface area contributed by atoms with Crippen LogP contribution in [0.5, 0.6) is 0 Å². The Bertz CT molecular complexity index is 546. The summed E-state index contributed by atoms with van der Waals surface area (Å²) in [6.45, 7) is 2.51. The van der Waals surface area contributed by atoms with Crippen LogP contribution in [-0.2, 0) is 6.54 Å². The first kappa shape index (κ1) is 13.0. The predicted octanol–water partition coefficient (Wildman–Crippen LogP) is 2.79. The molecular weight excluding hydrogens is 249 g/mol. The van der Waals surface area contributed by atoms with Crippen molar-refractivity contribution in [2.45, 2.75) is 23.5 Å². The standard InChI is InChI=1S/C13H14FN3S/c1-9-6-7-16-13(17-9)18-12-10(8-15-2)4-3-5-11(12)14/h3-7,15H,8H2,1-2H3. The van der Waals surface area contributed by atoms with E-state index in [1.54, 1.807) is 12.3 Å². The second-order valence-electron chi connectivity index (χ2n) is 3.84. The van der Waals surface area contributed by atoms with Gasteiger partial charge in [-0.1, -0.05) is 12.1 Å². The lowest BCUT2D eigenvalue weighted by Gasteiger charge is -2.09. The average Bonchev–Trinajstić information content (AvgIpc) is 2.34. The van der Waals surface area contributed by atoms with Gasteiger partial charge < -0.3 is 5.32 Å². The van der Waals surface area contributed by atoms with E-state index in [0.717, 1.165) is 11.3 Å². The summed E-state index contributed by atoms with van der Waals surface area (Å²) in [6, 6.07) is 6.89. The van der Waals surface area contributed by atoms with Gasteiger partial charge in [0.1, 0.15) is 5.82 Å². The van der Waals surface area contributed by atoms with Crippen molar-refractivity contribution in [1.82, 2.24) is 15.3 Å². The lowest BCUT2D eigenvalue weighted by molar-refractivity contribution is 0.593. The van der Waals surface area contributed by atoms with Gasteiger partial charge in [0.2, 0.25) is 0 Å². The molecule has 0 saturated carbocycles. The number of benzene rings is 1. The van der Waals surface area contributed by atoms with Gasteiger partial charge in [-0.05, 0) is 43.4 Å². The molecule has 0 aliphatic heterocycles. The SMILES string of the molecule is CNCc1cccc(F)c1Sc1nccc(C)n1. The Morgan fingerprint density at radius 2 is 2.17 bits per heavy atom. The van der Waals surface area contributed by atoms with Crippen molar-refractivity contribution in [1.29, 1.82) is 0 Å². The van der Waals surface area contributed by atoms with E-state index in [2.05, 4.69) is 15.3 Å². The summed E-state index contributed by atoms with van der Waals surface area (Å²) in [7, 11) is 1.84. The highest BCUT2D eigenvalue weighted by molar-refractivity contribution is 7.99. The van der Waals surface area contributed by atoms with Gasteiger partial charge in [-0.2, -0.15) is 0 Å². The molecule has 3 nitrogen and oxygen atoms in total. The maximum absolute atomic E-state index is 13.9. The first-order valence-electron chi connectivity index (χ1n) is 5.60. The van der Waals surface area contributed by atoms with Gasteiger partial charge in [-0.3, -0.25) is 0 Å². The topological polar surface area (TPSA) is 37.8 Å². The number of aromatic nitrogens is 2. The molecule has 1 N–H and O–H groups in total. The number of aryl methyl sites for hydroxylation is 1. The maximum atomic E-state index is 13.9. The predicted molar refractivity (Wildman–Crippen MR) is 70.1 cm³/mol. The van der Waals surface area contributed by atoms with E-state index in [1.807, 2.05) is 26.1 Å². The summed E-state index contributed by atoms with van der Waals surface area (Å²) in [5, 5.41) is 3.60. The summed E-state index contributed by atoms with van der Waals surface area (Å²) >= 11 is 1.26. The number of hydrogen-bond acceptors (Lipinski definition) is 4. The summed E-state index contributed by atoms with van der Waals surface area (Å²) in [4.78, 5) is 9.00. The molecule has 0 fully saturated rings. The van der Waals surface area contributed by atoms with Crippen LogP contribution < -0.4 is 5.32 Å². The van der Waals surface area contributed by atoms with Gasteiger partial charge in [0.15, 0.2) is 5.16 Å². The lowest BCUT2D eigenvalue weighted by atomic mass is 10.2. The summed E-state index contributed by atoms with van der Waals surface area (Å²) in [5.41, 5.74) is 1.78. The zero-order valence-electron chi connectivity index (χ0n) is 10.3. The van der Waals surface area contributed by atoms with E-state index >= 15 is 0 Å². The summed E-state index contributed by atoms with van der Waals surface area (Å²) in [5.74, 6) is -0.238. The number of nitrogens with one attached hydrogen (secondary N) is 1. The normalized spacial score (nSPS) is 10.6. The van der Waals surface area contributed by atoms with E-state index in [0.29, 0.717) is 16.6 Å². The molecule has 0 aliphatic carbocycles. The Hall–Kier alpha value is -1.46. The average molecular weight is 263 g/mol. The van der Waals surface area contributed by atoms with Crippen molar-refractivity contribution in [2.24, 2.45) is 0 Å². The molecule has 2 rings (SSSR count). The van der Waals surface area contributed by atoms with Crippen molar-refractivity contribution in [3.8, 4) is 0 Å². The largest absolute Gasteiger partial charge is 0.316 e. The molecule has 0 aliphatic rings. The van der Waals surface area contributed by atoms with Gasteiger partial charge in [-0.15, -0.1) is 0 Å². The highest BCUT2D eigenvalue weighted by Gasteiger charge is 2.11. The Morgan fingerprint density at radius 3 is 2.89 bits per heavy atom. The van der Waals surface area contributed by atoms with E-state index in [4.69, 9.17) is 0 Å². The van der Waals surface area contributed by atoms with Gasteiger partial charge in [-0.25, -0.2) is 14.4 Å². The zero-order valence-corrected chi connectivity index (χ0v) is 11.1. The van der Waals surface area contributed by atoms with E-state index in [1.165, 1.54) is 17.8 Å².